The maximum absolute atomic E-state index is 11.9. The molecule has 2 rings (SSSR count). The summed E-state index contributed by atoms with van der Waals surface area (Å²) >= 11 is 0. The van der Waals surface area contributed by atoms with E-state index in [1.807, 2.05) is 0 Å². The number of hydrogen-bond donors (Lipinski definition) is 2. The van der Waals surface area contributed by atoms with Crippen LogP contribution in [-0.4, -0.2) is 24.0 Å². The SMILES string of the molecule is CC(C)CN=C1NC(=O)C2(CCC(C)C2)N1. The number of aliphatic imine (C=N–C) groups is 1. The zero-order valence-electron chi connectivity index (χ0n) is 10.3. The van der Waals surface area contributed by atoms with Gasteiger partial charge < -0.3 is 5.32 Å². The van der Waals surface area contributed by atoms with E-state index in [-0.39, 0.29) is 11.4 Å². The average molecular weight is 223 g/mol. The van der Waals surface area contributed by atoms with Crippen molar-refractivity contribution < 1.29 is 4.79 Å². The van der Waals surface area contributed by atoms with Gasteiger partial charge in [0.05, 0.1) is 0 Å². The molecule has 1 saturated carbocycles. The Morgan fingerprint density at radius 1 is 1.56 bits per heavy atom. The number of guanidine groups is 1. The molecule has 0 aromatic carbocycles. The van der Waals surface area contributed by atoms with Gasteiger partial charge in [0.2, 0.25) is 0 Å². The first-order valence-corrected chi connectivity index (χ1v) is 6.16. The van der Waals surface area contributed by atoms with E-state index in [1.54, 1.807) is 0 Å². The second-order valence-electron chi connectivity index (χ2n) is 5.59. The van der Waals surface area contributed by atoms with Gasteiger partial charge in [-0.1, -0.05) is 20.8 Å². The summed E-state index contributed by atoms with van der Waals surface area (Å²) in [5.74, 6) is 1.93. The quantitative estimate of drug-likeness (QED) is 0.741. The molecule has 2 fully saturated rings. The van der Waals surface area contributed by atoms with E-state index < -0.39 is 0 Å². The molecule has 2 N–H and O–H groups in total. The summed E-state index contributed by atoms with van der Waals surface area (Å²) in [6.45, 7) is 7.20. The summed E-state index contributed by atoms with van der Waals surface area (Å²) in [4.78, 5) is 16.3. The highest BCUT2D eigenvalue weighted by Gasteiger charge is 2.48. The second kappa shape index (κ2) is 4.07. The first-order chi connectivity index (χ1) is 7.52. The van der Waals surface area contributed by atoms with Gasteiger partial charge in [-0.3, -0.25) is 15.1 Å². The summed E-state index contributed by atoms with van der Waals surface area (Å²) < 4.78 is 0. The van der Waals surface area contributed by atoms with Crippen molar-refractivity contribution >= 4 is 11.9 Å². The third-order valence-electron chi connectivity index (χ3n) is 3.40. The van der Waals surface area contributed by atoms with Crippen LogP contribution < -0.4 is 10.6 Å². The van der Waals surface area contributed by atoms with Crippen molar-refractivity contribution in [3.63, 3.8) is 0 Å². The zero-order valence-corrected chi connectivity index (χ0v) is 10.3. The minimum atomic E-state index is -0.352. The Kier molecular flexibility index (Phi) is 2.91. The van der Waals surface area contributed by atoms with E-state index in [9.17, 15) is 4.79 Å². The van der Waals surface area contributed by atoms with Crippen molar-refractivity contribution in [2.45, 2.75) is 45.6 Å². The molecule has 1 saturated heterocycles. The molecule has 90 valence electrons. The van der Waals surface area contributed by atoms with Crippen LogP contribution in [0.25, 0.3) is 0 Å². The monoisotopic (exact) mass is 223 g/mol. The van der Waals surface area contributed by atoms with Crippen LogP contribution >= 0.6 is 0 Å². The van der Waals surface area contributed by atoms with Gasteiger partial charge in [0.1, 0.15) is 5.54 Å². The molecule has 1 heterocycles. The Hall–Kier alpha value is -1.06. The lowest BCUT2D eigenvalue weighted by atomic mass is 9.97. The normalized spacial score (nSPS) is 36.1. The van der Waals surface area contributed by atoms with Gasteiger partial charge in [-0.25, -0.2) is 0 Å². The van der Waals surface area contributed by atoms with Gasteiger partial charge in [0, 0.05) is 6.54 Å². The summed E-state index contributed by atoms with van der Waals surface area (Å²) in [6, 6.07) is 0. The lowest BCUT2D eigenvalue weighted by molar-refractivity contribution is -0.123. The van der Waals surface area contributed by atoms with Gasteiger partial charge in [0.25, 0.3) is 5.91 Å². The van der Waals surface area contributed by atoms with Gasteiger partial charge >= 0.3 is 0 Å². The standard InChI is InChI=1S/C12H21N3O/c1-8(2)7-13-11-14-10(16)12(15-11)5-4-9(3)6-12/h8-9H,4-7H2,1-3H3,(H2,13,14,15,16). The average Bonchev–Trinajstić information content (AvgIpc) is 2.70. The maximum Gasteiger partial charge on any atom is 0.252 e. The predicted octanol–water partition coefficient (Wildman–Crippen LogP) is 1.28. The molecule has 0 aromatic heterocycles. The van der Waals surface area contributed by atoms with Gasteiger partial charge in [-0.15, -0.1) is 0 Å². The minimum Gasteiger partial charge on any atom is -0.342 e. The fourth-order valence-electron chi connectivity index (χ4n) is 2.51. The van der Waals surface area contributed by atoms with E-state index in [0.717, 1.165) is 25.8 Å². The van der Waals surface area contributed by atoms with Crippen molar-refractivity contribution in [2.24, 2.45) is 16.8 Å². The number of amides is 1. The molecule has 2 atom stereocenters. The number of hydrogen-bond acceptors (Lipinski definition) is 2. The van der Waals surface area contributed by atoms with Gasteiger partial charge in [-0.05, 0) is 31.1 Å². The Morgan fingerprint density at radius 2 is 2.31 bits per heavy atom. The van der Waals surface area contributed by atoms with E-state index in [0.29, 0.717) is 17.8 Å². The third kappa shape index (κ3) is 2.06. The largest absolute Gasteiger partial charge is 0.342 e. The van der Waals surface area contributed by atoms with Crippen LogP contribution in [0.1, 0.15) is 40.0 Å². The number of nitrogens with zero attached hydrogens (tertiary/aromatic N) is 1. The van der Waals surface area contributed by atoms with Gasteiger partial charge in [-0.2, -0.15) is 0 Å². The third-order valence-corrected chi connectivity index (χ3v) is 3.40. The number of rotatable bonds is 2. The number of carbonyl (C=O) groups excluding carboxylic acids is 1. The molecule has 2 aliphatic rings. The van der Waals surface area contributed by atoms with Crippen molar-refractivity contribution in [3.8, 4) is 0 Å². The first-order valence-electron chi connectivity index (χ1n) is 6.16. The fraction of sp³-hybridized carbons (Fsp3) is 0.833. The number of nitrogens with one attached hydrogen (secondary N) is 2. The minimum absolute atomic E-state index is 0.111. The second-order valence-corrected chi connectivity index (χ2v) is 5.59. The smallest absolute Gasteiger partial charge is 0.252 e. The summed E-state index contributed by atoms with van der Waals surface area (Å²) in [5.41, 5.74) is -0.352. The first kappa shape index (κ1) is 11.4. The van der Waals surface area contributed by atoms with Crippen molar-refractivity contribution in [1.29, 1.82) is 0 Å². The number of carbonyl (C=O) groups is 1. The molecule has 1 spiro atoms. The van der Waals surface area contributed by atoms with Crippen LogP contribution in [0.3, 0.4) is 0 Å². The Balaban J connectivity index is 2.04. The molecule has 4 nitrogen and oxygen atoms in total. The molecule has 0 radical (unpaired) electrons. The van der Waals surface area contributed by atoms with Crippen LogP contribution in [-0.2, 0) is 4.79 Å². The van der Waals surface area contributed by atoms with Crippen LogP contribution in [0.15, 0.2) is 4.99 Å². The molecule has 1 aliphatic carbocycles. The molecule has 0 aromatic rings. The fourth-order valence-corrected chi connectivity index (χ4v) is 2.51. The molecule has 1 amide bonds. The highest BCUT2D eigenvalue weighted by molar-refractivity contribution is 6.09. The Labute approximate surface area is 96.9 Å². The highest BCUT2D eigenvalue weighted by atomic mass is 16.2. The lowest BCUT2D eigenvalue weighted by Crippen LogP contribution is -2.44. The van der Waals surface area contributed by atoms with Crippen molar-refractivity contribution in [1.82, 2.24) is 10.6 Å². The molecular formula is C12H21N3O. The molecule has 16 heavy (non-hydrogen) atoms. The van der Waals surface area contributed by atoms with E-state index in [4.69, 9.17) is 0 Å². The van der Waals surface area contributed by atoms with E-state index >= 15 is 0 Å². The Morgan fingerprint density at radius 3 is 2.88 bits per heavy atom. The Bertz CT molecular complexity index is 324. The summed E-state index contributed by atoms with van der Waals surface area (Å²) in [5, 5.41) is 6.15. The highest BCUT2D eigenvalue weighted by Crippen LogP contribution is 2.36. The molecule has 2 unspecified atom stereocenters. The van der Waals surface area contributed by atoms with Crippen LogP contribution in [0, 0.1) is 11.8 Å². The molecule has 4 heteroatoms. The van der Waals surface area contributed by atoms with Crippen molar-refractivity contribution in [2.75, 3.05) is 6.54 Å². The van der Waals surface area contributed by atoms with Crippen LogP contribution in [0.5, 0.6) is 0 Å². The summed E-state index contributed by atoms with van der Waals surface area (Å²) in [6.07, 6.45) is 2.98. The van der Waals surface area contributed by atoms with Crippen LogP contribution in [0.4, 0.5) is 0 Å². The van der Waals surface area contributed by atoms with Crippen LogP contribution in [0.2, 0.25) is 0 Å². The lowest BCUT2D eigenvalue weighted by Gasteiger charge is -2.19. The molecule has 1 aliphatic heterocycles. The topological polar surface area (TPSA) is 53.5 Å². The van der Waals surface area contributed by atoms with Crippen molar-refractivity contribution in [3.05, 3.63) is 0 Å². The predicted molar refractivity (Wildman–Crippen MR) is 64.2 cm³/mol. The molecular weight excluding hydrogens is 202 g/mol. The maximum atomic E-state index is 11.9. The van der Waals surface area contributed by atoms with E-state index in [1.165, 1.54) is 0 Å². The van der Waals surface area contributed by atoms with Gasteiger partial charge in [0.15, 0.2) is 5.96 Å². The molecule has 0 bridgehead atoms. The summed E-state index contributed by atoms with van der Waals surface area (Å²) in [7, 11) is 0. The zero-order chi connectivity index (χ0) is 11.8. The van der Waals surface area contributed by atoms with E-state index in [2.05, 4.69) is 36.4 Å².